The Bertz CT molecular complexity index is 736. The third kappa shape index (κ3) is 5.09. The summed E-state index contributed by atoms with van der Waals surface area (Å²) < 4.78 is 11.9. The van der Waals surface area contributed by atoms with E-state index in [2.05, 4.69) is 46.4 Å². The lowest BCUT2D eigenvalue weighted by molar-refractivity contribution is 0.0543. The summed E-state index contributed by atoms with van der Waals surface area (Å²) in [4.78, 5) is 6.91. The molecule has 0 aliphatic carbocycles. The lowest BCUT2D eigenvalue weighted by Crippen LogP contribution is -2.40. The zero-order valence-corrected chi connectivity index (χ0v) is 17.5. The van der Waals surface area contributed by atoms with Crippen LogP contribution in [0.3, 0.4) is 0 Å². The maximum atomic E-state index is 6.28. The molecule has 0 saturated carbocycles. The SMILES string of the molecule is CCN1CCC(Oc2ccc(C3(CNc4ccccn4)CCOCC3)cc2)CC1. The standard InChI is InChI=1S/C24H33N3O2/c1-2-27-15-10-22(11-16-27)29-21-8-6-20(7-9-21)24(12-17-28-18-13-24)19-26-23-5-3-4-14-25-23/h3-9,14,22H,2,10-13,15-19H2,1H3,(H,25,26). The molecule has 156 valence electrons. The quantitative estimate of drug-likeness (QED) is 0.765. The smallest absolute Gasteiger partial charge is 0.125 e. The number of rotatable bonds is 7. The van der Waals surface area contributed by atoms with E-state index < -0.39 is 0 Å². The van der Waals surface area contributed by atoms with E-state index in [1.807, 2.05) is 24.4 Å². The summed E-state index contributed by atoms with van der Waals surface area (Å²) in [5.41, 5.74) is 1.43. The van der Waals surface area contributed by atoms with Gasteiger partial charge < -0.3 is 19.7 Å². The number of likely N-dealkylation sites (tertiary alicyclic amines) is 1. The van der Waals surface area contributed by atoms with Crippen molar-refractivity contribution in [3.05, 3.63) is 54.2 Å². The van der Waals surface area contributed by atoms with Gasteiger partial charge in [0.05, 0.1) is 0 Å². The molecule has 2 aliphatic rings. The second-order valence-electron chi connectivity index (χ2n) is 8.24. The van der Waals surface area contributed by atoms with Gasteiger partial charge in [-0.3, -0.25) is 0 Å². The molecule has 2 aliphatic heterocycles. The maximum Gasteiger partial charge on any atom is 0.125 e. The van der Waals surface area contributed by atoms with Crippen molar-refractivity contribution >= 4 is 5.82 Å². The Morgan fingerprint density at radius 1 is 1.10 bits per heavy atom. The lowest BCUT2D eigenvalue weighted by atomic mass is 9.74. The van der Waals surface area contributed by atoms with Gasteiger partial charge in [-0.2, -0.15) is 0 Å². The Hall–Kier alpha value is -2.11. The van der Waals surface area contributed by atoms with E-state index in [0.717, 1.165) is 76.6 Å². The van der Waals surface area contributed by atoms with Crippen molar-refractivity contribution in [2.45, 2.75) is 44.1 Å². The summed E-state index contributed by atoms with van der Waals surface area (Å²) >= 11 is 0. The van der Waals surface area contributed by atoms with Gasteiger partial charge in [-0.15, -0.1) is 0 Å². The highest BCUT2D eigenvalue weighted by Crippen LogP contribution is 2.36. The van der Waals surface area contributed by atoms with E-state index in [1.54, 1.807) is 0 Å². The molecular weight excluding hydrogens is 362 g/mol. The lowest BCUT2D eigenvalue weighted by Gasteiger charge is -2.38. The summed E-state index contributed by atoms with van der Waals surface area (Å²) in [7, 11) is 0. The average molecular weight is 396 g/mol. The van der Waals surface area contributed by atoms with Crippen LogP contribution in [-0.4, -0.2) is 55.4 Å². The summed E-state index contributed by atoms with van der Waals surface area (Å²) in [5.74, 6) is 1.92. The molecule has 0 unspecified atom stereocenters. The van der Waals surface area contributed by atoms with Gasteiger partial charge in [-0.25, -0.2) is 4.98 Å². The minimum atomic E-state index is 0.0702. The topological polar surface area (TPSA) is 46.6 Å². The summed E-state index contributed by atoms with van der Waals surface area (Å²) in [6, 6.07) is 14.8. The highest BCUT2D eigenvalue weighted by atomic mass is 16.5. The highest BCUT2D eigenvalue weighted by Gasteiger charge is 2.34. The first-order valence-electron chi connectivity index (χ1n) is 11.0. The van der Waals surface area contributed by atoms with Gasteiger partial charge in [0.25, 0.3) is 0 Å². The first-order chi connectivity index (χ1) is 14.3. The minimum Gasteiger partial charge on any atom is -0.490 e. The molecule has 5 heteroatoms. The second kappa shape index (κ2) is 9.59. The van der Waals surface area contributed by atoms with Gasteiger partial charge in [0.2, 0.25) is 0 Å². The first-order valence-corrected chi connectivity index (χ1v) is 11.0. The number of ether oxygens (including phenoxy) is 2. The van der Waals surface area contributed by atoms with Gasteiger partial charge in [0, 0.05) is 44.5 Å². The van der Waals surface area contributed by atoms with Crippen LogP contribution in [-0.2, 0) is 10.2 Å². The normalized spacial score (nSPS) is 20.3. The van der Waals surface area contributed by atoms with Crippen LogP contribution in [0.2, 0.25) is 0 Å². The van der Waals surface area contributed by atoms with E-state index >= 15 is 0 Å². The van der Waals surface area contributed by atoms with Crippen LogP contribution in [0.1, 0.15) is 38.2 Å². The van der Waals surface area contributed by atoms with Crippen molar-refractivity contribution in [3.8, 4) is 5.75 Å². The van der Waals surface area contributed by atoms with Crippen LogP contribution in [0.25, 0.3) is 0 Å². The number of aromatic nitrogens is 1. The van der Waals surface area contributed by atoms with Crippen molar-refractivity contribution in [2.75, 3.05) is 44.7 Å². The fourth-order valence-corrected chi connectivity index (χ4v) is 4.48. The highest BCUT2D eigenvalue weighted by molar-refractivity contribution is 5.38. The summed E-state index contributed by atoms with van der Waals surface area (Å²) in [6.07, 6.45) is 6.43. The number of benzene rings is 1. The Balaban J connectivity index is 1.41. The average Bonchev–Trinajstić information content (AvgIpc) is 2.80. The molecule has 29 heavy (non-hydrogen) atoms. The van der Waals surface area contributed by atoms with Crippen LogP contribution in [0.4, 0.5) is 5.82 Å². The number of anilines is 1. The molecule has 2 saturated heterocycles. The molecule has 4 rings (SSSR count). The zero-order chi connectivity index (χ0) is 19.9. The molecule has 1 aromatic carbocycles. The summed E-state index contributed by atoms with van der Waals surface area (Å²) in [5, 5.41) is 3.54. The van der Waals surface area contributed by atoms with E-state index in [0.29, 0.717) is 6.10 Å². The number of hydrogen-bond acceptors (Lipinski definition) is 5. The molecule has 0 bridgehead atoms. The van der Waals surface area contributed by atoms with Crippen LogP contribution in [0.5, 0.6) is 5.75 Å². The van der Waals surface area contributed by atoms with Gasteiger partial charge in [0.15, 0.2) is 0 Å². The largest absolute Gasteiger partial charge is 0.490 e. The van der Waals surface area contributed by atoms with Gasteiger partial charge in [-0.05, 0) is 62.1 Å². The van der Waals surface area contributed by atoms with Crippen molar-refractivity contribution in [1.29, 1.82) is 0 Å². The van der Waals surface area contributed by atoms with E-state index in [1.165, 1.54) is 5.56 Å². The molecule has 0 amide bonds. The van der Waals surface area contributed by atoms with Crippen molar-refractivity contribution in [2.24, 2.45) is 0 Å². The predicted octanol–water partition coefficient (Wildman–Crippen LogP) is 4.11. The molecule has 0 spiro atoms. The molecule has 2 fully saturated rings. The Morgan fingerprint density at radius 2 is 1.86 bits per heavy atom. The molecule has 1 aromatic heterocycles. The number of hydrogen-bond donors (Lipinski definition) is 1. The summed E-state index contributed by atoms with van der Waals surface area (Å²) in [6.45, 7) is 8.12. The van der Waals surface area contributed by atoms with Crippen molar-refractivity contribution in [3.63, 3.8) is 0 Å². The number of pyridine rings is 1. The molecule has 2 aromatic rings. The third-order valence-electron chi connectivity index (χ3n) is 6.47. The second-order valence-corrected chi connectivity index (χ2v) is 8.24. The third-order valence-corrected chi connectivity index (χ3v) is 6.47. The van der Waals surface area contributed by atoms with Crippen molar-refractivity contribution < 1.29 is 9.47 Å². The van der Waals surface area contributed by atoms with E-state index in [4.69, 9.17) is 9.47 Å². The van der Waals surface area contributed by atoms with E-state index in [-0.39, 0.29) is 5.41 Å². The van der Waals surface area contributed by atoms with Crippen LogP contribution >= 0.6 is 0 Å². The molecule has 0 atom stereocenters. The zero-order valence-electron chi connectivity index (χ0n) is 17.5. The first kappa shape index (κ1) is 20.2. The monoisotopic (exact) mass is 395 g/mol. The van der Waals surface area contributed by atoms with Gasteiger partial charge >= 0.3 is 0 Å². The van der Waals surface area contributed by atoms with Crippen LogP contribution < -0.4 is 10.1 Å². The molecule has 3 heterocycles. The van der Waals surface area contributed by atoms with E-state index in [9.17, 15) is 0 Å². The number of nitrogens with one attached hydrogen (secondary N) is 1. The number of nitrogens with zero attached hydrogens (tertiary/aromatic N) is 2. The van der Waals surface area contributed by atoms with Crippen LogP contribution in [0.15, 0.2) is 48.7 Å². The number of piperidine rings is 1. The fraction of sp³-hybridized carbons (Fsp3) is 0.542. The minimum absolute atomic E-state index is 0.0702. The Kier molecular flexibility index (Phi) is 6.67. The van der Waals surface area contributed by atoms with Crippen LogP contribution in [0, 0.1) is 0 Å². The van der Waals surface area contributed by atoms with Crippen molar-refractivity contribution in [1.82, 2.24) is 9.88 Å². The Morgan fingerprint density at radius 3 is 2.52 bits per heavy atom. The molecular formula is C24H33N3O2. The van der Waals surface area contributed by atoms with Gasteiger partial charge in [-0.1, -0.05) is 25.1 Å². The predicted molar refractivity (Wildman–Crippen MR) is 117 cm³/mol. The maximum absolute atomic E-state index is 6.28. The molecule has 0 radical (unpaired) electrons. The molecule has 1 N–H and O–H groups in total. The molecule has 5 nitrogen and oxygen atoms in total. The fourth-order valence-electron chi connectivity index (χ4n) is 4.48. The van der Waals surface area contributed by atoms with Gasteiger partial charge in [0.1, 0.15) is 17.7 Å². The Labute approximate surface area is 174 Å².